The largest absolute Gasteiger partial charge is 0.491 e. The molecule has 3 rings (SSSR count). The number of pyridine rings is 2. The molecule has 3 aromatic rings. The summed E-state index contributed by atoms with van der Waals surface area (Å²) in [5, 5.41) is 3.67. The SMILES string of the molecule is CNc1cc(-c2ccc3cc(OCCOC)cc(F)c3n2)ccn1. The van der Waals surface area contributed by atoms with Gasteiger partial charge in [0.1, 0.15) is 23.7 Å². The lowest BCUT2D eigenvalue weighted by atomic mass is 10.1. The van der Waals surface area contributed by atoms with Gasteiger partial charge in [0.2, 0.25) is 0 Å². The summed E-state index contributed by atoms with van der Waals surface area (Å²) in [6.07, 6.45) is 1.69. The predicted molar refractivity (Wildman–Crippen MR) is 91.8 cm³/mol. The van der Waals surface area contributed by atoms with E-state index in [-0.39, 0.29) is 0 Å². The van der Waals surface area contributed by atoms with Crippen LogP contribution in [-0.2, 0) is 4.74 Å². The first kappa shape index (κ1) is 16.1. The molecule has 0 aliphatic carbocycles. The molecule has 0 amide bonds. The van der Waals surface area contributed by atoms with E-state index in [2.05, 4.69) is 15.3 Å². The summed E-state index contributed by atoms with van der Waals surface area (Å²) in [4.78, 5) is 8.62. The molecule has 0 aliphatic rings. The van der Waals surface area contributed by atoms with E-state index >= 15 is 0 Å². The maximum Gasteiger partial charge on any atom is 0.153 e. The van der Waals surface area contributed by atoms with Crippen molar-refractivity contribution in [1.29, 1.82) is 0 Å². The van der Waals surface area contributed by atoms with Gasteiger partial charge >= 0.3 is 0 Å². The van der Waals surface area contributed by atoms with E-state index in [1.165, 1.54) is 6.07 Å². The Morgan fingerprint density at radius 3 is 2.79 bits per heavy atom. The van der Waals surface area contributed by atoms with Crippen LogP contribution in [0.3, 0.4) is 0 Å². The summed E-state index contributed by atoms with van der Waals surface area (Å²) < 4.78 is 24.8. The number of nitrogens with one attached hydrogen (secondary N) is 1. The van der Waals surface area contributed by atoms with Crippen LogP contribution in [0.1, 0.15) is 0 Å². The Labute approximate surface area is 139 Å². The van der Waals surface area contributed by atoms with Gasteiger partial charge in [0.05, 0.1) is 12.3 Å². The number of rotatable bonds is 6. The number of ether oxygens (including phenoxy) is 2. The minimum Gasteiger partial charge on any atom is -0.491 e. The molecule has 0 aliphatic heterocycles. The highest BCUT2D eigenvalue weighted by Crippen LogP contribution is 2.27. The first-order valence-corrected chi connectivity index (χ1v) is 7.57. The van der Waals surface area contributed by atoms with Crippen LogP contribution in [0.5, 0.6) is 5.75 Å². The topological polar surface area (TPSA) is 56.3 Å². The van der Waals surface area contributed by atoms with Crippen LogP contribution in [-0.4, -0.2) is 37.3 Å². The second-order valence-corrected chi connectivity index (χ2v) is 5.19. The lowest BCUT2D eigenvalue weighted by Gasteiger charge is -2.09. The van der Waals surface area contributed by atoms with Gasteiger partial charge in [-0.05, 0) is 24.3 Å². The Kier molecular flexibility index (Phi) is 4.86. The first-order chi connectivity index (χ1) is 11.7. The number of hydrogen-bond donors (Lipinski definition) is 1. The fourth-order valence-electron chi connectivity index (χ4n) is 2.38. The number of halogens is 1. The molecule has 0 saturated heterocycles. The number of methoxy groups -OCH3 is 1. The number of anilines is 1. The van der Waals surface area contributed by atoms with Crippen molar-refractivity contribution in [3.63, 3.8) is 0 Å². The summed E-state index contributed by atoms with van der Waals surface area (Å²) in [7, 11) is 3.39. The molecule has 0 unspecified atom stereocenters. The number of aromatic nitrogens is 2. The van der Waals surface area contributed by atoms with E-state index in [1.54, 1.807) is 26.4 Å². The van der Waals surface area contributed by atoms with Crippen molar-refractivity contribution >= 4 is 16.7 Å². The summed E-state index contributed by atoms with van der Waals surface area (Å²) in [6.45, 7) is 0.823. The molecular formula is C18H18FN3O2. The monoisotopic (exact) mass is 327 g/mol. The lowest BCUT2D eigenvalue weighted by molar-refractivity contribution is 0.146. The minimum atomic E-state index is -0.412. The van der Waals surface area contributed by atoms with Crippen molar-refractivity contribution in [3.05, 3.63) is 48.4 Å². The molecule has 0 fully saturated rings. The van der Waals surface area contributed by atoms with E-state index in [4.69, 9.17) is 9.47 Å². The van der Waals surface area contributed by atoms with Crippen LogP contribution in [0.4, 0.5) is 10.2 Å². The quantitative estimate of drug-likeness (QED) is 0.702. The standard InChI is InChI=1S/C18H18FN3O2/c1-20-17-10-12(5-6-21-17)16-4-3-13-9-14(24-8-7-23-2)11-15(19)18(13)22-16/h3-6,9-11H,7-8H2,1-2H3,(H,20,21). The Morgan fingerprint density at radius 2 is 2.00 bits per heavy atom. The third-order valence-electron chi connectivity index (χ3n) is 3.59. The van der Waals surface area contributed by atoms with Crippen LogP contribution in [0.25, 0.3) is 22.2 Å². The van der Waals surface area contributed by atoms with Gasteiger partial charge in [0.15, 0.2) is 5.82 Å². The molecule has 0 saturated carbocycles. The first-order valence-electron chi connectivity index (χ1n) is 7.57. The van der Waals surface area contributed by atoms with Gasteiger partial charge in [-0.1, -0.05) is 6.07 Å². The van der Waals surface area contributed by atoms with Crippen LogP contribution < -0.4 is 10.1 Å². The van der Waals surface area contributed by atoms with Crippen LogP contribution in [0, 0.1) is 5.82 Å². The number of fused-ring (bicyclic) bond motifs is 1. The average Bonchev–Trinajstić information content (AvgIpc) is 2.62. The van der Waals surface area contributed by atoms with Crippen molar-refractivity contribution in [3.8, 4) is 17.0 Å². The number of nitrogens with zero attached hydrogens (tertiary/aromatic N) is 2. The zero-order valence-electron chi connectivity index (χ0n) is 13.5. The second-order valence-electron chi connectivity index (χ2n) is 5.19. The van der Waals surface area contributed by atoms with Gasteiger partial charge in [-0.2, -0.15) is 0 Å². The molecule has 6 heteroatoms. The molecule has 1 N–H and O–H groups in total. The molecule has 0 atom stereocenters. The second kappa shape index (κ2) is 7.23. The summed E-state index contributed by atoms with van der Waals surface area (Å²) in [5.74, 6) is 0.786. The normalized spacial score (nSPS) is 10.8. The van der Waals surface area contributed by atoms with Gasteiger partial charge in [-0.25, -0.2) is 14.4 Å². The number of hydrogen-bond acceptors (Lipinski definition) is 5. The molecule has 1 aromatic carbocycles. The van der Waals surface area contributed by atoms with Gasteiger partial charge in [0.25, 0.3) is 0 Å². The highest BCUT2D eigenvalue weighted by molar-refractivity contribution is 5.83. The lowest BCUT2D eigenvalue weighted by Crippen LogP contribution is -2.04. The molecular weight excluding hydrogens is 309 g/mol. The highest BCUT2D eigenvalue weighted by atomic mass is 19.1. The van der Waals surface area contributed by atoms with Crippen LogP contribution in [0.2, 0.25) is 0 Å². The fourth-order valence-corrected chi connectivity index (χ4v) is 2.38. The average molecular weight is 327 g/mol. The van der Waals surface area contributed by atoms with Crippen molar-refractivity contribution in [2.24, 2.45) is 0 Å². The molecule has 0 spiro atoms. The number of benzene rings is 1. The van der Waals surface area contributed by atoms with Gasteiger partial charge in [0, 0.05) is 37.4 Å². The Hall–Kier alpha value is -2.73. The third kappa shape index (κ3) is 3.44. The summed E-state index contributed by atoms with van der Waals surface area (Å²) in [6, 6.07) is 10.5. The molecule has 24 heavy (non-hydrogen) atoms. The van der Waals surface area contributed by atoms with E-state index in [9.17, 15) is 4.39 Å². The van der Waals surface area contributed by atoms with Crippen molar-refractivity contribution in [1.82, 2.24) is 9.97 Å². The van der Waals surface area contributed by atoms with Crippen LogP contribution >= 0.6 is 0 Å². The molecule has 2 heterocycles. The molecule has 0 radical (unpaired) electrons. The molecule has 2 aromatic heterocycles. The van der Waals surface area contributed by atoms with Crippen molar-refractivity contribution in [2.45, 2.75) is 0 Å². The Balaban J connectivity index is 1.96. The van der Waals surface area contributed by atoms with Crippen molar-refractivity contribution < 1.29 is 13.9 Å². The van der Waals surface area contributed by atoms with E-state index in [1.807, 2.05) is 24.3 Å². The molecule has 124 valence electrons. The Morgan fingerprint density at radius 1 is 1.12 bits per heavy atom. The maximum absolute atomic E-state index is 14.4. The van der Waals surface area contributed by atoms with Crippen LogP contribution in [0.15, 0.2) is 42.6 Å². The van der Waals surface area contributed by atoms with E-state index in [0.29, 0.717) is 35.6 Å². The summed E-state index contributed by atoms with van der Waals surface area (Å²) in [5.41, 5.74) is 1.87. The van der Waals surface area contributed by atoms with Gasteiger partial charge in [-0.3, -0.25) is 0 Å². The van der Waals surface area contributed by atoms with Crippen molar-refractivity contribution in [2.75, 3.05) is 32.7 Å². The smallest absolute Gasteiger partial charge is 0.153 e. The van der Waals surface area contributed by atoms with E-state index in [0.717, 1.165) is 11.4 Å². The highest BCUT2D eigenvalue weighted by Gasteiger charge is 2.09. The zero-order chi connectivity index (χ0) is 16.9. The van der Waals surface area contributed by atoms with E-state index < -0.39 is 5.82 Å². The Bertz CT molecular complexity index is 855. The maximum atomic E-state index is 14.4. The van der Waals surface area contributed by atoms with Gasteiger partial charge in [-0.15, -0.1) is 0 Å². The zero-order valence-corrected chi connectivity index (χ0v) is 13.5. The minimum absolute atomic E-state index is 0.314. The van der Waals surface area contributed by atoms with Gasteiger partial charge < -0.3 is 14.8 Å². The fraction of sp³-hybridized carbons (Fsp3) is 0.222. The molecule has 0 bridgehead atoms. The predicted octanol–water partition coefficient (Wildman–Crippen LogP) is 3.50. The summed E-state index contributed by atoms with van der Waals surface area (Å²) >= 11 is 0. The molecule has 5 nitrogen and oxygen atoms in total. The third-order valence-corrected chi connectivity index (χ3v) is 3.59.